The number of anilines is 1. The summed E-state index contributed by atoms with van der Waals surface area (Å²) in [5, 5.41) is 8.27. The second-order valence-electron chi connectivity index (χ2n) is 3.51. The normalized spacial score (nSPS) is 10.2. The molecule has 0 radical (unpaired) electrons. The van der Waals surface area contributed by atoms with Gasteiger partial charge in [0.15, 0.2) is 0 Å². The molecule has 1 heterocycles. The molecule has 2 aromatic rings. The summed E-state index contributed by atoms with van der Waals surface area (Å²) >= 11 is 6.02. The maximum Gasteiger partial charge on any atom is 0.238 e. The van der Waals surface area contributed by atoms with Crippen LogP contribution in [0.3, 0.4) is 0 Å². The third-order valence-electron chi connectivity index (χ3n) is 2.28. The lowest BCUT2D eigenvalue weighted by molar-refractivity contribution is 0.455. The van der Waals surface area contributed by atoms with Gasteiger partial charge in [0.2, 0.25) is 5.88 Å². The molecule has 88 valence electrons. The lowest BCUT2D eigenvalue weighted by Gasteiger charge is -2.07. The predicted octanol–water partition coefficient (Wildman–Crippen LogP) is 3.07. The second kappa shape index (κ2) is 5.01. The molecule has 0 aliphatic carbocycles. The average Bonchev–Trinajstić information content (AvgIpc) is 2.34. The van der Waals surface area contributed by atoms with Crippen LogP contribution in [0.5, 0.6) is 11.6 Å². The number of hydrogen-bond donors (Lipinski definition) is 1. The Morgan fingerprint density at radius 2 is 2.06 bits per heavy atom. The smallest absolute Gasteiger partial charge is 0.238 e. The second-order valence-corrected chi connectivity index (χ2v) is 3.91. The number of nitrogens with zero attached hydrogens (tertiary/aromatic N) is 2. The molecule has 0 fully saturated rings. The summed E-state index contributed by atoms with van der Waals surface area (Å²) in [4.78, 5) is 0. The summed E-state index contributed by atoms with van der Waals surface area (Å²) in [5.41, 5.74) is 6.47. The highest BCUT2D eigenvalue weighted by Crippen LogP contribution is 2.25. The SMILES string of the molecule is CCc1cc(Oc2ccc(N)nn2)ccc1Cl. The Morgan fingerprint density at radius 3 is 2.71 bits per heavy atom. The number of halogens is 1. The van der Waals surface area contributed by atoms with E-state index in [0.29, 0.717) is 17.4 Å². The van der Waals surface area contributed by atoms with Crippen molar-refractivity contribution >= 4 is 17.4 Å². The molecule has 1 aromatic heterocycles. The van der Waals surface area contributed by atoms with E-state index < -0.39 is 0 Å². The first kappa shape index (κ1) is 11.7. The first-order valence-corrected chi connectivity index (χ1v) is 5.62. The summed E-state index contributed by atoms with van der Waals surface area (Å²) < 4.78 is 5.54. The van der Waals surface area contributed by atoms with Gasteiger partial charge in [0.05, 0.1) is 0 Å². The van der Waals surface area contributed by atoms with Crippen molar-refractivity contribution in [1.82, 2.24) is 10.2 Å². The fraction of sp³-hybridized carbons (Fsp3) is 0.167. The van der Waals surface area contributed by atoms with E-state index in [0.717, 1.165) is 17.0 Å². The number of rotatable bonds is 3. The van der Waals surface area contributed by atoms with E-state index in [4.69, 9.17) is 22.1 Å². The number of nitrogen functional groups attached to an aromatic ring is 1. The Morgan fingerprint density at radius 1 is 1.24 bits per heavy atom. The first-order chi connectivity index (χ1) is 8.19. The number of benzene rings is 1. The lowest BCUT2D eigenvalue weighted by Crippen LogP contribution is -1.95. The molecule has 17 heavy (non-hydrogen) atoms. The van der Waals surface area contributed by atoms with Crippen LogP contribution in [0, 0.1) is 0 Å². The summed E-state index contributed by atoms with van der Waals surface area (Å²) in [7, 11) is 0. The first-order valence-electron chi connectivity index (χ1n) is 5.24. The molecule has 2 rings (SSSR count). The maximum absolute atomic E-state index is 6.02. The van der Waals surface area contributed by atoms with Gasteiger partial charge < -0.3 is 10.5 Å². The molecule has 0 aliphatic rings. The van der Waals surface area contributed by atoms with Gasteiger partial charge in [0.1, 0.15) is 11.6 Å². The standard InChI is InChI=1S/C12H12ClN3O/c1-2-8-7-9(3-4-10(8)13)17-12-6-5-11(14)15-16-12/h3-7H,2H2,1H3,(H2,14,15). The number of aromatic nitrogens is 2. The molecule has 0 unspecified atom stereocenters. The molecule has 0 saturated carbocycles. The van der Waals surface area contributed by atoms with Gasteiger partial charge in [-0.15, -0.1) is 10.2 Å². The van der Waals surface area contributed by atoms with Gasteiger partial charge in [0.25, 0.3) is 0 Å². The molecule has 0 atom stereocenters. The minimum atomic E-state index is 0.364. The Kier molecular flexibility index (Phi) is 3.44. The Balaban J connectivity index is 2.21. The van der Waals surface area contributed by atoms with E-state index in [2.05, 4.69) is 10.2 Å². The van der Waals surface area contributed by atoms with Gasteiger partial charge in [-0.2, -0.15) is 0 Å². The van der Waals surface area contributed by atoms with Crippen molar-refractivity contribution in [2.24, 2.45) is 0 Å². The predicted molar refractivity (Wildman–Crippen MR) is 67.3 cm³/mol. The van der Waals surface area contributed by atoms with Crippen molar-refractivity contribution in [1.29, 1.82) is 0 Å². The summed E-state index contributed by atoms with van der Waals surface area (Å²) in [6.07, 6.45) is 0.851. The highest BCUT2D eigenvalue weighted by molar-refractivity contribution is 6.31. The van der Waals surface area contributed by atoms with E-state index in [1.54, 1.807) is 24.3 Å². The molecule has 0 saturated heterocycles. The van der Waals surface area contributed by atoms with Crippen molar-refractivity contribution in [3.05, 3.63) is 40.9 Å². The highest BCUT2D eigenvalue weighted by Gasteiger charge is 2.03. The van der Waals surface area contributed by atoms with Crippen molar-refractivity contribution in [2.75, 3.05) is 5.73 Å². The minimum absolute atomic E-state index is 0.364. The molecule has 2 N–H and O–H groups in total. The molecular weight excluding hydrogens is 238 g/mol. The van der Waals surface area contributed by atoms with Crippen LogP contribution in [0.25, 0.3) is 0 Å². The van der Waals surface area contributed by atoms with Crippen LogP contribution in [0.1, 0.15) is 12.5 Å². The summed E-state index contributed by atoms with van der Waals surface area (Å²) in [5.74, 6) is 1.46. The fourth-order valence-electron chi connectivity index (χ4n) is 1.39. The fourth-order valence-corrected chi connectivity index (χ4v) is 1.64. The zero-order chi connectivity index (χ0) is 12.3. The quantitative estimate of drug-likeness (QED) is 0.908. The minimum Gasteiger partial charge on any atom is -0.438 e. The lowest BCUT2D eigenvalue weighted by atomic mass is 10.1. The van der Waals surface area contributed by atoms with E-state index in [-0.39, 0.29) is 0 Å². The van der Waals surface area contributed by atoms with Crippen LogP contribution in [-0.4, -0.2) is 10.2 Å². The van der Waals surface area contributed by atoms with E-state index >= 15 is 0 Å². The molecule has 0 amide bonds. The Bertz CT molecular complexity index is 514. The van der Waals surface area contributed by atoms with Gasteiger partial charge in [-0.3, -0.25) is 0 Å². The molecular formula is C12H12ClN3O. The molecule has 5 heteroatoms. The van der Waals surface area contributed by atoms with Gasteiger partial charge in [-0.05, 0) is 36.2 Å². The number of nitrogens with two attached hydrogens (primary N) is 1. The van der Waals surface area contributed by atoms with Gasteiger partial charge in [-0.25, -0.2) is 0 Å². The van der Waals surface area contributed by atoms with Gasteiger partial charge >= 0.3 is 0 Å². The van der Waals surface area contributed by atoms with E-state index in [1.807, 2.05) is 13.0 Å². The van der Waals surface area contributed by atoms with Crippen molar-refractivity contribution in [3.8, 4) is 11.6 Å². The number of aryl methyl sites for hydroxylation is 1. The maximum atomic E-state index is 6.02. The van der Waals surface area contributed by atoms with E-state index in [1.165, 1.54) is 0 Å². The van der Waals surface area contributed by atoms with Crippen molar-refractivity contribution < 1.29 is 4.74 Å². The molecule has 4 nitrogen and oxygen atoms in total. The zero-order valence-electron chi connectivity index (χ0n) is 9.35. The largest absolute Gasteiger partial charge is 0.438 e. The summed E-state index contributed by atoms with van der Waals surface area (Å²) in [6, 6.07) is 8.79. The van der Waals surface area contributed by atoms with Crippen LogP contribution in [0.4, 0.5) is 5.82 Å². The van der Waals surface area contributed by atoms with Crippen LogP contribution in [0.2, 0.25) is 5.02 Å². The number of ether oxygens (including phenoxy) is 1. The topological polar surface area (TPSA) is 61.0 Å². The Hall–Kier alpha value is -1.81. The van der Waals surface area contributed by atoms with Crippen molar-refractivity contribution in [2.45, 2.75) is 13.3 Å². The van der Waals surface area contributed by atoms with Crippen LogP contribution in [-0.2, 0) is 6.42 Å². The van der Waals surface area contributed by atoms with E-state index in [9.17, 15) is 0 Å². The molecule has 0 spiro atoms. The average molecular weight is 250 g/mol. The van der Waals surface area contributed by atoms with Crippen molar-refractivity contribution in [3.63, 3.8) is 0 Å². The zero-order valence-corrected chi connectivity index (χ0v) is 10.1. The van der Waals surface area contributed by atoms with Gasteiger partial charge in [0, 0.05) is 11.1 Å². The molecule has 0 aliphatic heterocycles. The monoisotopic (exact) mass is 249 g/mol. The molecule has 1 aromatic carbocycles. The van der Waals surface area contributed by atoms with Crippen LogP contribution >= 0.6 is 11.6 Å². The Labute approximate surface area is 104 Å². The molecule has 0 bridgehead atoms. The number of hydrogen-bond acceptors (Lipinski definition) is 4. The third kappa shape index (κ3) is 2.85. The summed E-state index contributed by atoms with van der Waals surface area (Å²) in [6.45, 7) is 2.04. The van der Waals surface area contributed by atoms with Crippen LogP contribution in [0.15, 0.2) is 30.3 Å². The highest BCUT2D eigenvalue weighted by atomic mass is 35.5. The van der Waals surface area contributed by atoms with Gasteiger partial charge in [-0.1, -0.05) is 18.5 Å². The van der Waals surface area contributed by atoms with Crippen LogP contribution < -0.4 is 10.5 Å². The third-order valence-corrected chi connectivity index (χ3v) is 2.65.